The third kappa shape index (κ3) is 6.11. The molecular weight excluding hydrogens is 234 g/mol. The van der Waals surface area contributed by atoms with Crippen LogP contribution in [0.3, 0.4) is 0 Å². The van der Waals surface area contributed by atoms with Gasteiger partial charge in [-0.25, -0.2) is 0 Å². The molecule has 108 valence electrons. The number of rotatable bonds is 9. The van der Waals surface area contributed by atoms with Gasteiger partial charge in [0, 0.05) is 19.8 Å². The van der Waals surface area contributed by atoms with Gasteiger partial charge in [0.25, 0.3) is 0 Å². The highest BCUT2D eigenvalue weighted by Gasteiger charge is 2.08. The molecule has 1 aromatic carbocycles. The van der Waals surface area contributed by atoms with Gasteiger partial charge in [-0.15, -0.1) is 0 Å². The average molecular weight is 263 g/mol. The van der Waals surface area contributed by atoms with E-state index in [1.165, 1.54) is 32.1 Å². The van der Waals surface area contributed by atoms with Crippen molar-refractivity contribution in [1.82, 2.24) is 0 Å². The molecule has 19 heavy (non-hydrogen) atoms. The summed E-state index contributed by atoms with van der Waals surface area (Å²) in [5.41, 5.74) is 2.19. The van der Waals surface area contributed by atoms with Crippen LogP contribution in [0.4, 0.5) is 5.69 Å². The van der Waals surface area contributed by atoms with Gasteiger partial charge < -0.3 is 10.0 Å². The Morgan fingerprint density at radius 3 is 2.42 bits per heavy atom. The Kier molecular flexibility index (Phi) is 7.57. The van der Waals surface area contributed by atoms with E-state index in [0.717, 1.165) is 24.1 Å². The number of hydrogen-bond acceptors (Lipinski definition) is 2. The molecule has 0 bridgehead atoms. The molecule has 0 heterocycles. The minimum Gasteiger partial charge on any atom is -0.388 e. The summed E-state index contributed by atoms with van der Waals surface area (Å²) in [7, 11) is 4.05. The van der Waals surface area contributed by atoms with Crippen molar-refractivity contribution in [2.45, 2.75) is 58.0 Å². The first-order valence-electron chi connectivity index (χ1n) is 7.60. The second-order valence-electron chi connectivity index (χ2n) is 5.56. The lowest BCUT2D eigenvalue weighted by Gasteiger charge is -2.16. The molecule has 0 amide bonds. The standard InChI is InChI=1S/C17H29NO/c1-4-5-6-7-8-9-13-17(19)15-11-10-12-16(14-15)18(2)3/h10-12,14,17,19H,4-9,13H2,1-3H3. The second kappa shape index (κ2) is 8.98. The van der Waals surface area contributed by atoms with E-state index in [4.69, 9.17) is 0 Å². The van der Waals surface area contributed by atoms with E-state index >= 15 is 0 Å². The number of aliphatic hydroxyl groups is 1. The molecule has 1 N–H and O–H groups in total. The molecule has 0 spiro atoms. The summed E-state index contributed by atoms with van der Waals surface area (Å²) in [6, 6.07) is 8.20. The molecule has 0 saturated carbocycles. The highest BCUT2D eigenvalue weighted by molar-refractivity contribution is 5.47. The van der Waals surface area contributed by atoms with Crippen molar-refractivity contribution in [3.63, 3.8) is 0 Å². The average Bonchev–Trinajstić information content (AvgIpc) is 2.42. The first-order chi connectivity index (χ1) is 9.15. The van der Waals surface area contributed by atoms with Gasteiger partial charge in [0.2, 0.25) is 0 Å². The lowest BCUT2D eigenvalue weighted by atomic mass is 10.0. The molecule has 0 aromatic heterocycles. The number of anilines is 1. The molecule has 0 saturated heterocycles. The smallest absolute Gasteiger partial charge is 0.0790 e. The maximum absolute atomic E-state index is 10.2. The molecule has 0 fully saturated rings. The van der Waals surface area contributed by atoms with E-state index in [1.54, 1.807) is 0 Å². The molecule has 1 aromatic rings. The minimum atomic E-state index is -0.314. The Bertz CT molecular complexity index is 349. The SMILES string of the molecule is CCCCCCCCC(O)c1cccc(N(C)C)c1. The molecule has 2 nitrogen and oxygen atoms in total. The molecule has 2 heteroatoms. The van der Waals surface area contributed by atoms with Crippen LogP contribution in [0.1, 0.15) is 63.5 Å². The number of nitrogens with zero attached hydrogens (tertiary/aromatic N) is 1. The largest absolute Gasteiger partial charge is 0.388 e. The Morgan fingerprint density at radius 2 is 1.74 bits per heavy atom. The van der Waals surface area contributed by atoms with Gasteiger partial charge >= 0.3 is 0 Å². The van der Waals surface area contributed by atoms with Crippen LogP contribution in [0.2, 0.25) is 0 Å². The van der Waals surface area contributed by atoms with Crippen LogP contribution in [0.15, 0.2) is 24.3 Å². The number of aliphatic hydroxyl groups excluding tert-OH is 1. The molecular formula is C17H29NO. The second-order valence-corrected chi connectivity index (χ2v) is 5.56. The van der Waals surface area contributed by atoms with E-state index < -0.39 is 0 Å². The third-order valence-corrected chi connectivity index (χ3v) is 3.60. The van der Waals surface area contributed by atoms with E-state index in [-0.39, 0.29) is 6.10 Å². The van der Waals surface area contributed by atoms with Crippen molar-refractivity contribution in [2.24, 2.45) is 0 Å². The van der Waals surface area contributed by atoms with Crippen molar-refractivity contribution in [3.8, 4) is 0 Å². The van der Waals surface area contributed by atoms with Crippen LogP contribution in [-0.2, 0) is 0 Å². The predicted molar refractivity (Wildman–Crippen MR) is 83.7 cm³/mol. The highest BCUT2D eigenvalue weighted by Crippen LogP contribution is 2.23. The Balaban J connectivity index is 2.32. The highest BCUT2D eigenvalue weighted by atomic mass is 16.3. The maximum Gasteiger partial charge on any atom is 0.0790 e. The van der Waals surface area contributed by atoms with E-state index in [0.29, 0.717) is 0 Å². The van der Waals surface area contributed by atoms with Crippen LogP contribution in [0.5, 0.6) is 0 Å². The fourth-order valence-electron chi connectivity index (χ4n) is 2.29. The summed E-state index contributed by atoms with van der Waals surface area (Å²) in [4.78, 5) is 2.07. The summed E-state index contributed by atoms with van der Waals surface area (Å²) in [6.45, 7) is 2.24. The van der Waals surface area contributed by atoms with Gasteiger partial charge in [-0.05, 0) is 24.1 Å². The van der Waals surface area contributed by atoms with Crippen LogP contribution < -0.4 is 4.90 Å². The summed E-state index contributed by atoms with van der Waals surface area (Å²) >= 11 is 0. The van der Waals surface area contributed by atoms with Gasteiger partial charge in [0.05, 0.1) is 6.10 Å². The van der Waals surface area contributed by atoms with Gasteiger partial charge in [0.1, 0.15) is 0 Å². The van der Waals surface area contributed by atoms with E-state index in [1.807, 2.05) is 26.2 Å². The molecule has 1 rings (SSSR count). The minimum absolute atomic E-state index is 0.314. The van der Waals surface area contributed by atoms with Crippen molar-refractivity contribution in [2.75, 3.05) is 19.0 Å². The van der Waals surface area contributed by atoms with Gasteiger partial charge in [0.15, 0.2) is 0 Å². The fraction of sp³-hybridized carbons (Fsp3) is 0.647. The van der Waals surface area contributed by atoms with Crippen LogP contribution >= 0.6 is 0 Å². The van der Waals surface area contributed by atoms with Crippen LogP contribution in [-0.4, -0.2) is 19.2 Å². The Labute approximate surface area is 118 Å². The number of hydrogen-bond donors (Lipinski definition) is 1. The van der Waals surface area contributed by atoms with Gasteiger partial charge in [-0.3, -0.25) is 0 Å². The van der Waals surface area contributed by atoms with Crippen LogP contribution in [0, 0.1) is 0 Å². The van der Waals surface area contributed by atoms with Crippen molar-refractivity contribution >= 4 is 5.69 Å². The Morgan fingerprint density at radius 1 is 1.05 bits per heavy atom. The lowest BCUT2D eigenvalue weighted by molar-refractivity contribution is 0.163. The van der Waals surface area contributed by atoms with E-state index in [9.17, 15) is 5.11 Å². The van der Waals surface area contributed by atoms with Crippen molar-refractivity contribution in [3.05, 3.63) is 29.8 Å². The quantitative estimate of drug-likeness (QED) is 0.661. The molecule has 0 aliphatic carbocycles. The van der Waals surface area contributed by atoms with E-state index in [2.05, 4.69) is 24.0 Å². The van der Waals surface area contributed by atoms with Gasteiger partial charge in [-0.2, -0.15) is 0 Å². The molecule has 0 aliphatic heterocycles. The zero-order valence-electron chi connectivity index (χ0n) is 12.7. The zero-order valence-corrected chi connectivity index (χ0v) is 12.7. The number of benzene rings is 1. The predicted octanol–water partition coefficient (Wildman–Crippen LogP) is 4.54. The Hall–Kier alpha value is -1.02. The molecule has 0 radical (unpaired) electrons. The summed E-state index contributed by atoms with van der Waals surface area (Å²) < 4.78 is 0. The molecule has 0 aliphatic rings. The van der Waals surface area contributed by atoms with Crippen LogP contribution in [0.25, 0.3) is 0 Å². The normalized spacial score (nSPS) is 12.4. The first-order valence-corrected chi connectivity index (χ1v) is 7.60. The zero-order chi connectivity index (χ0) is 14.1. The third-order valence-electron chi connectivity index (χ3n) is 3.60. The van der Waals surface area contributed by atoms with Crippen molar-refractivity contribution < 1.29 is 5.11 Å². The lowest BCUT2D eigenvalue weighted by Crippen LogP contribution is -2.09. The summed E-state index contributed by atoms with van der Waals surface area (Å²) in [5.74, 6) is 0. The topological polar surface area (TPSA) is 23.5 Å². The summed E-state index contributed by atoms with van der Waals surface area (Å²) in [6.07, 6.45) is 8.20. The summed E-state index contributed by atoms with van der Waals surface area (Å²) in [5, 5.41) is 10.2. The first kappa shape index (κ1) is 16.0. The molecule has 1 unspecified atom stereocenters. The van der Waals surface area contributed by atoms with Crippen molar-refractivity contribution in [1.29, 1.82) is 0 Å². The number of unbranched alkanes of at least 4 members (excludes halogenated alkanes) is 5. The monoisotopic (exact) mass is 263 g/mol. The maximum atomic E-state index is 10.2. The van der Waals surface area contributed by atoms with Gasteiger partial charge in [-0.1, -0.05) is 57.6 Å². The fourth-order valence-corrected chi connectivity index (χ4v) is 2.29. The molecule has 1 atom stereocenters.